The number of aryl methyl sites for hydroxylation is 1. The van der Waals surface area contributed by atoms with Gasteiger partial charge in [-0.1, -0.05) is 19.4 Å². The van der Waals surface area contributed by atoms with E-state index in [-0.39, 0.29) is 5.56 Å². The average molecular weight is 290 g/mol. The summed E-state index contributed by atoms with van der Waals surface area (Å²) < 4.78 is 38.2. The minimum Gasteiger partial charge on any atom is -0.362 e. The second-order valence-corrected chi connectivity index (χ2v) is 4.67. The number of hydrogen-bond acceptors (Lipinski definition) is 1. The minimum atomic E-state index is -4.35. The highest BCUT2D eigenvalue weighted by Gasteiger charge is 2.32. The van der Waals surface area contributed by atoms with Crippen LogP contribution in [0.3, 0.4) is 0 Å². The van der Waals surface area contributed by atoms with E-state index in [1.807, 2.05) is 6.92 Å². The molecule has 0 bridgehead atoms. The van der Waals surface area contributed by atoms with Crippen molar-refractivity contribution in [2.75, 3.05) is 11.9 Å². The molecule has 0 aliphatic rings. The zero-order valence-corrected chi connectivity index (χ0v) is 11.7. The van der Waals surface area contributed by atoms with E-state index < -0.39 is 11.7 Å². The lowest BCUT2D eigenvalue weighted by Crippen LogP contribution is -2.29. The van der Waals surface area contributed by atoms with Gasteiger partial charge >= 0.3 is 6.18 Å². The molecule has 0 unspecified atom stereocenters. The first-order chi connectivity index (χ1) is 8.84. The normalized spacial score (nSPS) is 11.2. The molecule has 0 radical (unpaired) electrons. The Balaban J connectivity index is 2.72. The summed E-state index contributed by atoms with van der Waals surface area (Å²) in [7, 11) is 0. The first kappa shape index (κ1) is 15.8. The van der Waals surface area contributed by atoms with E-state index >= 15 is 0 Å². The van der Waals surface area contributed by atoms with E-state index in [0.29, 0.717) is 17.3 Å². The Morgan fingerprint density at radius 2 is 2.00 bits per heavy atom. The molecule has 0 fully saturated rings. The Kier molecular flexibility index (Phi) is 5.60. The molecule has 0 spiro atoms. The molecule has 106 valence electrons. The molecule has 6 heteroatoms. The fourth-order valence-corrected chi connectivity index (χ4v) is 1.78. The number of rotatable bonds is 4. The van der Waals surface area contributed by atoms with Gasteiger partial charge in [0.25, 0.3) is 0 Å². The lowest BCUT2D eigenvalue weighted by Gasteiger charge is -2.14. The maximum atomic E-state index is 12.7. The third-order valence-electron chi connectivity index (χ3n) is 2.62. The summed E-state index contributed by atoms with van der Waals surface area (Å²) in [5.74, 6) is 0. The van der Waals surface area contributed by atoms with Gasteiger partial charge in [-0.15, -0.1) is 0 Å². The number of anilines is 1. The molecule has 0 aliphatic heterocycles. The van der Waals surface area contributed by atoms with Crippen molar-refractivity contribution in [2.45, 2.75) is 32.9 Å². The Morgan fingerprint density at radius 3 is 2.58 bits per heavy atom. The van der Waals surface area contributed by atoms with Crippen molar-refractivity contribution in [3.05, 3.63) is 29.3 Å². The number of nitrogens with one attached hydrogen (secondary N) is 2. The fourth-order valence-electron chi connectivity index (χ4n) is 1.56. The van der Waals surface area contributed by atoms with Crippen molar-refractivity contribution in [3.63, 3.8) is 0 Å². The summed E-state index contributed by atoms with van der Waals surface area (Å²) in [4.78, 5) is 0. The standard InChI is InChI=1S/C13H17F3N2S/c1-3-4-7-17-12(19)18-10-6-5-9(2)11(8-10)13(14,15)16/h5-6,8H,3-4,7H2,1-2H3,(H2,17,18,19). The van der Waals surface area contributed by atoms with Crippen LogP contribution in [0.4, 0.5) is 18.9 Å². The Hall–Kier alpha value is -1.30. The lowest BCUT2D eigenvalue weighted by atomic mass is 10.1. The lowest BCUT2D eigenvalue weighted by molar-refractivity contribution is -0.138. The SMILES string of the molecule is CCCCNC(=S)Nc1ccc(C)c(C(F)(F)F)c1. The smallest absolute Gasteiger partial charge is 0.362 e. The molecule has 0 heterocycles. The minimum absolute atomic E-state index is 0.197. The van der Waals surface area contributed by atoms with Crippen LogP contribution >= 0.6 is 12.2 Å². The third kappa shape index (κ3) is 5.06. The van der Waals surface area contributed by atoms with Crippen LogP contribution in [0.15, 0.2) is 18.2 Å². The van der Waals surface area contributed by atoms with E-state index in [4.69, 9.17) is 12.2 Å². The van der Waals surface area contributed by atoms with Gasteiger partial charge in [0.1, 0.15) is 0 Å². The summed E-state index contributed by atoms with van der Waals surface area (Å²) in [5, 5.41) is 6.04. The number of thiocarbonyl (C=S) groups is 1. The van der Waals surface area contributed by atoms with Crippen molar-refractivity contribution in [2.24, 2.45) is 0 Å². The predicted octanol–water partition coefficient (Wildman–Crippen LogP) is 4.10. The topological polar surface area (TPSA) is 24.1 Å². The number of hydrogen-bond donors (Lipinski definition) is 2. The molecule has 0 saturated heterocycles. The Bertz CT molecular complexity index is 444. The van der Waals surface area contributed by atoms with Gasteiger partial charge in [0.15, 0.2) is 5.11 Å². The van der Waals surface area contributed by atoms with Crippen LogP contribution < -0.4 is 10.6 Å². The van der Waals surface area contributed by atoms with Gasteiger partial charge in [-0.2, -0.15) is 13.2 Å². The van der Waals surface area contributed by atoms with Crippen LogP contribution in [0.1, 0.15) is 30.9 Å². The van der Waals surface area contributed by atoms with Gasteiger partial charge < -0.3 is 10.6 Å². The van der Waals surface area contributed by atoms with Crippen molar-refractivity contribution in [3.8, 4) is 0 Å². The summed E-state index contributed by atoms with van der Waals surface area (Å²) in [6, 6.07) is 4.08. The molecule has 0 aromatic heterocycles. The van der Waals surface area contributed by atoms with Crippen LogP contribution in [0, 0.1) is 6.92 Å². The monoisotopic (exact) mass is 290 g/mol. The van der Waals surface area contributed by atoms with Gasteiger partial charge in [-0.25, -0.2) is 0 Å². The number of unbranched alkanes of at least 4 members (excludes halogenated alkanes) is 1. The first-order valence-electron chi connectivity index (χ1n) is 6.07. The van der Waals surface area contributed by atoms with Gasteiger partial charge in [0.2, 0.25) is 0 Å². The Morgan fingerprint density at radius 1 is 1.32 bits per heavy atom. The highest BCUT2D eigenvalue weighted by atomic mass is 32.1. The molecule has 0 atom stereocenters. The average Bonchev–Trinajstić information content (AvgIpc) is 2.30. The summed E-state index contributed by atoms with van der Waals surface area (Å²) >= 11 is 5.02. The van der Waals surface area contributed by atoms with Crippen LogP contribution in [0.5, 0.6) is 0 Å². The molecule has 2 N–H and O–H groups in total. The van der Waals surface area contributed by atoms with E-state index in [1.54, 1.807) is 6.07 Å². The van der Waals surface area contributed by atoms with Crippen molar-refractivity contribution >= 4 is 23.0 Å². The molecule has 2 nitrogen and oxygen atoms in total. The molecular weight excluding hydrogens is 273 g/mol. The van der Waals surface area contributed by atoms with E-state index in [2.05, 4.69) is 10.6 Å². The molecule has 0 amide bonds. The first-order valence-corrected chi connectivity index (χ1v) is 6.48. The summed E-state index contributed by atoms with van der Waals surface area (Å²) in [6.45, 7) is 4.19. The zero-order valence-electron chi connectivity index (χ0n) is 10.9. The molecule has 19 heavy (non-hydrogen) atoms. The third-order valence-corrected chi connectivity index (χ3v) is 2.86. The van der Waals surface area contributed by atoms with Gasteiger partial charge in [-0.3, -0.25) is 0 Å². The van der Waals surface area contributed by atoms with E-state index in [1.165, 1.54) is 13.0 Å². The molecular formula is C13H17F3N2S. The van der Waals surface area contributed by atoms with Gasteiger partial charge in [0, 0.05) is 12.2 Å². The quantitative estimate of drug-likeness (QED) is 0.645. The van der Waals surface area contributed by atoms with Crippen molar-refractivity contribution in [1.82, 2.24) is 5.32 Å². The van der Waals surface area contributed by atoms with E-state index in [0.717, 1.165) is 18.9 Å². The molecule has 0 aliphatic carbocycles. The van der Waals surface area contributed by atoms with Crippen LogP contribution in [-0.2, 0) is 6.18 Å². The second kappa shape index (κ2) is 6.75. The highest BCUT2D eigenvalue weighted by molar-refractivity contribution is 7.80. The number of benzene rings is 1. The zero-order chi connectivity index (χ0) is 14.5. The fraction of sp³-hybridized carbons (Fsp3) is 0.462. The van der Waals surface area contributed by atoms with Gasteiger partial charge in [-0.05, 0) is 43.3 Å². The predicted molar refractivity (Wildman–Crippen MR) is 75.3 cm³/mol. The summed E-state index contributed by atoms with van der Waals surface area (Å²) in [5.41, 5.74) is -0.108. The van der Waals surface area contributed by atoms with E-state index in [9.17, 15) is 13.2 Å². The Labute approximate surface area is 116 Å². The summed E-state index contributed by atoms with van der Waals surface area (Å²) in [6.07, 6.45) is -2.36. The largest absolute Gasteiger partial charge is 0.416 e. The van der Waals surface area contributed by atoms with Crippen LogP contribution in [0.2, 0.25) is 0 Å². The number of alkyl halides is 3. The molecule has 0 saturated carbocycles. The maximum absolute atomic E-state index is 12.7. The second-order valence-electron chi connectivity index (χ2n) is 4.26. The van der Waals surface area contributed by atoms with Crippen LogP contribution in [-0.4, -0.2) is 11.7 Å². The highest BCUT2D eigenvalue weighted by Crippen LogP contribution is 2.33. The maximum Gasteiger partial charge on any atom is 0.416 e. The van der Waals surface area contributed by atoms with Crippen LogP contribution in [0.25, 0.3) is 0 Å². The van der Waals surface area contributed by atoms with Gasteiger partial charge in [0.05, 0.1) is 5.56 Å². The number of halogens is 3. The molecule has 1 aromatic carbocycles. The molecule has 1 aromatic rings. The van der Waals surface area contributed by atoms with Crippen molar-refractivity contribution < 1.29 is 13.2 Å². The molecule has 1 rings (SSSR count). The van der Waals surface area contributed by atoms with Crippen molar-refractivity contribution in [1.29, 1.82) is 0 Å².